The van der Waals surface area contributed by atoms with Gasteiger partial charge in [0.2, 0.25) is 0 Å². The van der Waals surface area contributed by atoms with Gasteiger partial charge in [-0.25, -0.2) is 0 Å². The predicted molar refractivity (Wildman–Crippen MR) is 136 cm³/mol. The molecule has 4 aromatic rings. The molecule has 0 aliphatic rings. The second-order valence-corrected chi connectivity index (χ2v) is 8.22. The predicted octanol–water partition coefficient (Wildman–Crippen LogP) is 7.35. The Morgan fingerprint density at radius 3 is 2.24 bits per heavy atom. The van der Waals surface area contributed by atoms with Crippen LogP contribution in [0.3, 0.4) is 0 Å². The Balaban J connectivity index is 1.49. The highest BCUT2D eigenvalue weighted by Crippen LogP contribution is 2.27. The lowest BCUT2D eigenvalue weighted by Crippen LogP contribution is -2.13. The van der Waals surface area contributed by atoms with Gasteiger partial charge in [0.05, 0.1) is 12.3 Å². The minimum atomic E-state index is -0.196. The van der Waals surface area contributed by atoms with E-state index < -0.39 is 0 Å². The summed E-state index contributed by atoms with van der Waals surface area (Å²) in [7, 11) is 0. The third-order valence-electron chi connectivity index (χ3n) is 5.10. The van der Waals surface area contributed by atoms with Crippen molar-refractivity contribution in [3.05, 3.63) is 113 Å². The van der Waals surface area contributed by atoms with E-state index >= 15 is 0 Å². The van der Waals surface area contributed by atoms with E-state index in [0.29, 0.717) is 23.6 Å². The smallest absolute Gasteiger partial charge is 0.255 e. The average molecular weight is 502 g/mol. The van der Waals surface area contributed by atoms with Crippen LogP contribution < -0.4 is 14.8 Å². The van der Waals surface area contributed by atoms with Crippen molar-refractivity contribution in [3.63, 3.8) is 0 Å². The van der Waals surface area contributed by atoms with Crippen molar-refractivity contribution >= 4 is 27.5 Å². The first-order valence-electron chi connectivity index (χ1n) is 10.7. The molecule has 0 heterocycles. The van der Waals surface area contributed by atoms with Crippen LogP contribution >= 0.6 is 15.9 Å². The molecule has 0 atom stereocenters. The van der Waals surface area contributed by atoms with Crippen LogP contribution in [0.2, 0.25) is 0 Å². The van der Waals surface area contributed by atoms with Crippen LogP contribution in [0.1, 0.15) is 22.8 Å². The van der Waals surface area contributed by atoms with E-state index in [-0.39, 0.29) is 12.5 Å². The highest BCUT2D eigenvalue weighted by molar-refractivity contribution is 9.10. The monoisotopic (exact) mass is 501 g/mol. The van der Waals surface area contributed by atoms with E-state index in [0.717, 1.165) is 26.9 Å². The quantitative estimate of drug-likeness (QED) is 0.274. The molecule has 4 nitrogen and oxygen atoms in total. The number of halogens is 1. The molecule has 1 amide bonds. The number of rotatable bonds is 8. The molecule has 0 bridgehead atoms. The molecule has 0 saturated carbocycles. The second kappa shape index (κ2) is 10.8. The van der Waals surface area contributed by atoms with Crippen LogP contribution in [0.5, 0.6) is 11.5 Å². The van der Waals surface area contributed by atoms with Crippen molar-refractivity contribution in [1.82, 2.24) is 0 Å². The molecule has 0 unspecified atom stereocenters. The lowest BCUT2D eigenvalue weighted by Gasteiger charge is -2.14. The number of ether oxygens (including phenoxy) is 2. The Morgan fingerprint density at radius 1 is 0.818 bits per heavy atom. The molecular formula is C28H24BrNO3. The zero-order chi connectivity index (χ0) is 23.0. The summed E-state index contributed by atoms with van der Waals surface area (Å²) in [4.78, 5) is 12.8. The maximum absolute atomic E-state index is 12.8. The van der Waals surface area contributed by atoms with Gasteiger partial charge in [-0.05, 0) is 76.4 Å². The molecule has 4 aromatic carbocycles. The molecule has 0 aromatic heterocycles. The van der Waals surface area contributed by atoms with Crippen molar-refractivity contribution in [2.75, 3.05) is 11.9 Å². The topological polar surface area (TPSA) is 47.6 Å². The maximum Gasteiger partial charge on any atom is 0.255 e. The highest BCUT2D eigenvalue weighted by atomic mass is 79.9. The summed E-state index contributed by atoms with van der Waals surface area (Å²) in [6, 6.07) is 31.1. The summed E-state index contributed by atoms with van der Waals surface area (Å²) in [5.74, 6) is 1.26. The number of amides is 1. The van der Waals surface area contributed by atoms with Crippen LogP contribution in [0, 0.1) is 0 Å². The van der Waals surface area contributed by atoms with E-state index in [4.69, 9.17) is 9.47 Å². The molecule has 0 fully saturated rings. The van der Waals surface area contributed by atoms with E-state index in [1.54, 1.807) is 6.07 Å². The summed E-state index contributed by atoms with van der Waals surface area (Å²) >= 11 is 3.46. The summed E-state index contributed by atoms with van der Waals surface area (Å²) in [5, 5.41) is 2.93. The number of carbonyl (C=O) groups excluding carboxylic acids is 1. The number of para-hydroxylation sites is 1. The maximum atomic E-state index is 12.8. The van der Waals surface area contributed by atoms with Crippen molar-refractivity contribution in [3.8, 4) is 22.6 Å². The zero-order valence-electron chi connectivity index (χ0n) is 18.3. The molecule has 0 spiro atoms. The third-order valence-corrected chi connectivity index (χ3v) is 5.79. The Bertz CT molecular complexity index is 1220. The number of hydrogen-bond donors (Lipinski definition) is 1. The SMILES string of the molecule is CCOc1ccc(C(=O)Nc2ccccc2Br)cc1COc1ccc(-c2ccccc2)cc1. The fraction of sp³-hybridized carbons (Fsp3) is 0.107. The molecule has 0 aliphatic carbocycles. The van der Waals surface area contributed by atoms with Gasteiger partial charge >= 0.3 is 0 Å². The van der Waals surface area contributed by atoms with Gasteiger partial charge in [0, 0.05) is 15.6 Å². The standard InChI is InChI=1S/C28H24BrNO3/c1-2-32-27-17-14-22(28(31)30-26-11-7-6-10-25(26)29)18-23(27)19-33-24-15-12-21(13-16-24)20-8-4-3-5-9-20/h3-18H,2,19H2,1H3,(H,30,31). The van der Waals surface area contributed by atoms with Gasteiger partial charge in [-0.1, -0.05) is 54.6 Å². The van der Waals surface area contributed by atoms with Gasteiger partial charge in [0.15, 0.2) is 0 Å². The number of anilines is 1. The summed E-state index contributed by atoms with van der Waals surface area (Å²) in [6.45, 7) is 2.75. The molecule has 33 heavy (non-hydrogen) atoms. The van der Waals surface area contributed by atoms with Gasteiger partial charge in [-0.3, -0.25) is 4.79 Å². The van der Waals surface area contributed by atoms with Crippen LogP contribution in [-0.4, -0.2) is 12.5 Å². The number of carbonyl (C=O) groups is 1. The van der Waals surface area contributed by atoms with Gasteiger partial charge in [0.25, 0.3) is 5.91 Å². The fourth-order valence-electron chi connectivity index (χ4n) is 3.42. The second-order valence-electron chi connectivity index (χ2n) is 7.37. The Kier molecular flexibility index (Phi) is 7.43. The minimum Gasteiger partial charge on any atom is -0.493 e. The van der Waals surface area contributed by atoms with E-state index in [9.17, 15) is 4.79 Å². The van der Waals surface area contributed by atoms with E-state index in [1.165, 1.54) is 0 Å². The molecule has 0 radical (unpaired) electrons. The third kappa shape index (κ3) is 5.82. The number of nitrogens with one attached hydrogen (secondary N) is 1. The highest BCUT2D eigenvalue weighted by Gasteiger charge is 2.13. The average Bonchev–Trinajstić information content (AvgIpc) is 2.86. The van der Waals surface area contributed by atoms with Crippen LogP contribution in [0.15, 0.2) is 102 Å². The van der Waals surface area contributed by atoms with Crippen molar-refractivity contribution < 1.29 is 14.3 Å². The van der Waals surface area contributed by atoms with Gasteiger partial charge < -0.3 is 14.8 Å². The Hall–Kier alpha value is -3.57. The molecule has 0 saturated heterocycles. The first-order valence-corrected chi connectivity index (χ1v) is 11.5. The fourth-order valence-corrected chi connectivity index (χ4v) is 3.81. The van der Waals surface area contributed by atoms with Gasteiger partial charge in [-0.15, -0.1) is 0 Å². The molecule has 0 aliphatic heterocycles. The van der Waals surface area contributed by atoms with Crippen LogP contribution in [0.25, 0.3) is 11.1 Å². The first kappa shape index (κ1) is 22.6. The lowest BCUT2D eigenvalue weighted by atomic mass is 10.1. The summed E-state index contributed by atoms with van der Waals surface area (Å²) in [6.07, 6.45) is 0. The van der Waals surface area contributed by atoms with Gasteiger partial charge in [0.1, 0.15) is 18.1 Å². The molecule has 1 N–H and O–H groups in total. The Morgan fingerprint density at radius 2 is 1.52 bits per heavy atom. The largest absolute Gasteiger partial charge is 0.493 e. The molecule has 166 valence electrons. The van der Waals surface area contributed by atoms with Crippen molar-refractivity contribution in [2.24, 2.45) is 0 Å². The normalized spacial score (nSPS) is 10.5. The van der Waals surface area contributed by atoms with Crippen molar-refractivity contribution in [1.29, 1.82) is 0 Å². The first-order chi connectivity index (χ1) is 16.1. The number of benzene rings is 4. The Labute approximate surface area is 202 Å². The molecule has 5 heteroatoms. The summed E-state index contributed by atoms with van der Waals surface area (Å²) in [5.41, 5.74) is 4.35. The molecular weight excluding hydrogens is 478 g/mol. The summed E-state index contributed by atoms with van der Waals surface area (Å²) < 4.78 is 12.6. The van der Waals surface area contributed by atoms with Crippen molar-refractivity contribution in [2.45, 2.75) is 13.5 Å². The minimum absolute atomic E-state index is 0.196. The van der Waals surface area contributed by atoms with Crippen LogP contribution in [0.4, 0.5) is 5.69 Å². The number of hydrogen-bond acceptors (Lipinski definition) is 3. The van der Waals surface area contributed by atoms with E-state index in [2.05, 4.69) is 33.4 Å². The van der Waals surface area contributed by atoms with E-state index in [1.807, 2.05) is 85.8 Å². The lowest BCUT2D eigenvalue weighted by molar-refractivity contribution is 0.102. The van der Waals surface area contributed by atoms with Crippen LogP contribution in [-0.2, 0) is 6.61 Å². The zero-order valence-corrected chi connectivity index (χ0v) is 19.8. The molecule has 4 rings (SSSR count). The van der Waals surface area contributed by atoms with Gasteiger partial charge in [-0.2, -0.15) is 0 Å².